The highest BCUT2D eigenvalue weighted by Gasteiger charge is 2.02. The average molecular weight is 320 g/mol. The number of hydrogen-bond acceptors (Lipinski definition) is 2. The summed E-state index contributed by atoms with van der Waals surface area (Å²) in [4.78, 5) is 11.4. The third kappa shape index (κ3) is 4.01. The first-order chi connectivity index (χ1) is 6.58. The molecule has 0 saturated carbocycles. The van der Waals surface area contributed by atoms with Gasteiger partial charge in [0.05, 0.1) is 11.4 Å². The minimum absolute atomic E-state index is 0.0846. The van der Waals surface area contributed by atoms with Gasteiger partial charge in [-0.3, -0.25) is 4.79 Å². The maximum absolute atomic E-state index is 11.2. The Balaban J connectivity index is 2.56. The minimum atomic E-state index is -0.182. The molecular formula is C9H9IN2OS. The van der Waals surface area contributed by atoms with Crippen molar-refractivity contribution in [3.8, 4) is 0 Å². The molecule has 3 nitrogen and oxygen atoms in total. The lowest BCUT2D eigenvalue weighted by Crippen LogP contribution is -2.20. The number of thiocarbonyl (C=S) groups is 1. The van der Waals surface area contributed by atoms with Crippen molar-refractivity contribution in [3.63, 3.8) is 0 Å². The predicted molar refractivity (Wildman–Crippen MR) is 69.2 cm³/mol. The van der Waals surface area contributed by atoms with Gasteiger partial charge in [0.15, 0.2) is 0 Å². The first-order valence-electron chi connectivity index (χ1n) is 3.91. The van der Waals surface area contributed by atoms with Gasteiger partial charge in [-0.25, -0.2) is 0 Å². The predicted octanol–water partition coefficient (Wildman–Crippen LogP) is 1.91. The molecule has 0 unspecified atom stereocenters. The Labute approximate surface area is 101 Å². The number of carbonyl (C=O) groups is 1. The Bertz CT molecular complexity index is 350. The van der Waals surface area contributed by atoms with Gasteiger partial charge in [0.1, 0.15) is 0 Å². The van der Waals surface area contributed by atoms with E-state index in [-0.39, 0.29) is 17.3 Å². The summed E-state index contributed by atoms with van der Waals surface area (Å²) in [7, 11) is 0. The maximum atomic E-state index is 11.2. The second-order valence-corrected chi connectivity index (χ2v) is 4.47. The van der Waals surface area contributed by atoms with E-state index < -0.39 is 0 Å². The number of hydrogen-bond donors (Lipinski definition) is 2. The van der Waals surface area contributed by atoms with E-state index in [1.165, 1.54) is 0 Å². The van der Waals surface area contributed by atoms with E-state index in [0.29, 0.717) is 0 Å². The van der Waals surface area contributed by atoms with Crippen LogP contribution in [0.4, 0.5) is 5.69 Å². The minimum Gasteiger partial charge on any atom is -0.393 e. The van der Waals surface area contributed by atoms with Crippen LogP contribution in [-0.4, -0.2) is 10.9 Å². The molecule has 1 amide bonds. The lowest BCUT2D eigenvalue weighted by atomic mass is 10.3. The molecule has 0 atom stereocenters. The zero-order chi connectivity index (χ0) is 10.6. The fourth-order valence-electron chi connectivity index (χ4n) is 0.897. The van der Waals surface area contributed by atoms with Gasteiger partial charge in [0.25, 0.3) is 0 Å². The molecular weight excluding hydrogens is 311 g/mol. The van der Waals surface area contributed by atoms with Gasteiger partial charge in [-0.15, -0.1) is 0 Å². The molecule has 0 saturated heterocycles. The van der Waals surface area contributed by atoms with Crippen LogP contribution in [0.25, 0.3) is 0 Å². The summed E-state index contributed by atoms with van der Waals surface area (Å²) in [6.07, 6.45) is 0.0846. The van der Waals surface area contributed by atoms with Gasteiger partial charge in [0, 0.05) is 9.26 Å². The summed E-state index contributed by atoms with van der Waals surface area (Å²) in [6, 6.07) is 7.49. The zero-order valence-electron chi connectivity index (χ0n) is 7.29. The molecule has 0 spiro atoms. The quantitative estimate of drug-likeness (QED) is 0.661. The molecule has 1 aromatic rings. The number of nitrogens with one attached hydrogen (secondary N) is 1. The molecule has 1 aromatic carbocycles. The van der Waals surface area contributed by atoms with Crippen molar-refractivity contribution in [1.82, 2.24) is 0 Å². The van der Waals surface area contributed by atoms with Crippen LogP contribution in [0.3, 0.4) is 0 Å². The van der Waals surface area contributed by atoms with Crippen LogP contribution < -0.4 is 11.1 Å². The summed E-state index contributed by atoms with van der Waals surface area (Å²) in [5, 5.41) is 2.69. The van der Waals surface area contributed by atoms with Gasteiger partial charge < -0.3 is 11.1 Å². The van der Waals surface area contributed by atoms with Crippen LogP contribution in [-0.2, 0) is 4.79 Å². The molecule has 0 aliphatic carbocycles. The Morgan fingerprint density at radius 3 is 2.50 bits per heavy atom. The largest absolute Gasteiger partial charge is 0.393 e. The normalized spacial score (nSPS) is 9.50. The number of rotatable bonds is 3. The van der Waals surface area contributed by atoms with E-state index in [0.717, 1.165) is 9.26 Å². The number of amides is 1. The van der Waals surface area contributed by atoms with Crippen LogP contribution >= 0.6 is 34.8 Å². The van der Waals surface area contributed by atoms with Crippen molar-refractivity contribution in [3.05, 3.63) is 27.8 Å². The van der Waals surface area contributed by atoms with Gasteiger partial charge in [-0.05, 0) is 46.9 Å². The van der Waals surface area contributed by atoms with Crippen LogP contribution in [0.1, 0.15) is 6.42 Å². The van der Waals surface area contributed by atoms with Crippen molar-refractivity contribution < 1.29 is 4.79 Å². The Kier molecular flexibility index (Phi) is 4.27. The van der Waals surface area contributed by atoms with E-state index in [4.69, 9.17) is 5.73 Å². The van der Waals surface area contributed by atoms with Gasteiger partial charge in [-0.2, -0.15) is 0 Å². The Morgan fingerprint density at radius 2 is 2.00 bits per heavy atom. The number of nitrogens with two attached hydrogens (primary N) is 1. The summed E-state index contributed by atoms with van der Waals surface area (Å²) < 4.78 is 1.12. The monoisotopic (exact) mass is 320 g/mol. The van der Waals surface area contributed by atoms with Crippen molar-refractivity contribution in [2.75, 3.05) is 5.32 Å². The summed E-state index contributed by atoms with van der Waals surface area (Å²) >= 11 is 6.82. The van der Waals surface area contributed by atoms with Gasteiger partial charge >= 0.3 is 0 Å². The third-order valence-electron chi connectivity index (χ3n) is 1.46. The fourth-order valence-corrected chi connectivity index (χ4v) is 1.39. The molecule has 0 aromatic heterocycles. The molecule has 5 heteroatoms. The Morgan fingerprint density at radius 1 is 1.43 bits per heavy atom. The number of halogens is 1. The summed E-state index contributed by atoms with van der Waals surface area (Å²) in [6.45, 7) is 0. The Hall–Kier alpha value is -0.690. The van der Waals surface area contributed by atoms with Crippen LogP contribution in [0.15, 0.2) is 24.3 Å². The first-order valence-corrected chi connectivity index (χ1v) is 5.40. The second kappa shape index (κ2) is 5.26. The molecule has 0 heterocycles. The fraction of sp³-hybridized carbons (Fsp3) is 0.111. The van der Waals surface area contributed by atoms with Crippen molar-refractivity contribution in [2.45, 2.75) is 6.42 Å². The summed E-state index contributed by atoms with van der Waals surface area (Å²) in [5.41, 5.74) is 6.00. The van der Waals surface area contributed by atoms with E-state index in [1.807, 2.05) is 24.3 Å². The van der Waals surface area contributed by atoms with E-state index in [1.54, 1.807) is 0 Å². The molecule has 0 aliphatic rings. The highest BCUT2D eigenvalue weighted by atomic mass is 127. The van der Waals surface area contributed by atoms with Gasteiger partial charge in [0.2, 0.25) is 5.91 Å². The van der Waals surface area contributed by atoms with E-state index in [9.17, 15) is 4.79 Å². The maximum Gasteiger partial charge on any atom is 0.231 e. The van der Waals surface area contributed by atoms with E-state index >= 15 is 0 Å². The standard InChI is InChI=1S/C9H9IN2OS/c10-6-1-3-7(4-2-6)12-9(13)5-8(11)14/h1-4H,5H2,(H2,11,14)(H,12,13). The van der Waals surface area contributed by atoms with Gasteiger partial charge in [-0.1, -0.05) is 12.2 Å². The lowest BCUT2D eigenvalue weighted by molar-refractivity contribution is -0.115. The van der Waals surface area contributed by atoms with Crippen molar-refractivity contribution >= 4 is 51.4 Å². The number of carbonyl (C=O) groups excluding carboxylic acids is 1. The number of benzene rings is 1. The van der Waals surface area contributed by atoms with Crippen LogP contribution in [0, 0.1) is 3.57 Å². The second-order valence-electron chi connectivity index (χ2n) is 2.70. The first kappa shape index (κ1) is 11.4. The topological polar surface area (TPSA) is 55.1 Å². The highest BCUT2D eigenvalue weighted by Crippen LogP contribution is 2.11. The average Bonchev–Trinajstić information content (AvgIpc) is 2.07. The van der Waals surface area contributed by atoms with Crippen LogP contribution in [0.5, 0.6) is 0 Å². The zero-order valence-corrected chi connectivity index (χ0v) is 10.3. The lowest BCUT2D eigenvalue weighted by Gasteiger charge is -2.03. The molecule has 1 rings (SSSR count). The molecule has 0 bridgehead atoms. The molecule has 0 fully saturated rings. The van der Waals surface area contributed by atoms with E-state index in [2.05, 4.69) is 40.1 Å². The van der Waals surface area contributed by atoms with Crippen molar-refractivity contribution in [2.24, 2.45) is 5.73 Å². The molecule has 3 N–H and O–H groups in total. The molecule has 0 radical (unpaired) electrons. The summed E-state index contributed by atoms with van der Waals surface area (Å²) in [5.74, 6) is -0.182. The molecule has 0 aliphatic heterocycles. The van der Waals surface area contributed by atoms with Crippen LogP contribution in [0.2, 0.25) is 0 Å². The smallest absolute Gasteiger partial charge is 0.231 e. The molecule has 74 valence electrons. The number of anilines is 1. The van der Waals surface area contributed by atoms with Crippen molar-refractivity contribution in [1.29, 1.82) is 0 Å². The molecule has 14 heavy (non-hydrogen) atoms. The third-order valence-corrected chi connectivity index (χ3v) is 2.33. The SMILES string of the molecule is NC(=S)CC(=O)Nc1ccc(I)cc1. The highest BCUT2D eigenvalue weighted by molar-refractivity contribution is 14.1.